The molecule has 0 spiro atoms. The third-order valence-corrected chi connectivity index (χ3v) is 4.31. The molecule has 0 atom stereocenters. The topological polar surface area (TPSA) is 101 Å². The first kappa shape index (κ1) is 19.2. The van der Waals surface area contributed by atoms with Gasteiger partial charge in [-0.2, -0.15) is 0 Å². The monoisotopic (exact) mass is 379 g/mol. The van der Waals surface area contributed by atoms with Crippen molar-refractivity contribution < 1.29 is 14.3 Å². The van der Waals surface area contributed by atoms with Crippen molar-refractivity contribution in [2.24, 2.45) is 7.05 Å². The highest BCUT2D eigenvalue weighted by molar-refractivity contribution is 6.07. The van der Waals surface area contributed by atoms with Gasteiger partial charge in [0.1, 0.15) is 5.82 Å². The van der Waals surface area contributed by atoms with Gasteiger partial charge in [0.25, 0.3) is 5.91 Å². The normalized spacial score (nSPS) is 10.6. The smallest absolute Gasteiger partial charge is 0.307 e. The van der Waals surface area contributed by atoms with Gasteiger partial charge in [-0.25, -0.2) is 9.97 Å². The predicted octanol–water partition coefficient (Wildman–Crippen LogP) is 2.57. The van der Waals surface area contributed by atoms with Crippen molar-refractivity contribution in [3.63, 3.8) is 0 Å². The van der Waals surface area contributed by atoms with Gasteiger partial charge in [-0.3, -0.25) is 14.5 Å². The molecule has 0 saturated heterocycles. The summed E-state index contributed by atoms with van der Waals surface area (Å²) in [7, 11) is 1.82. The number of hydrogen-bond donors (Lipinski definition) is 1. The highest BCUT2D eigenvalue weighted by Gasteiger charge is 2.21. The van der Waals surface area contributed by atoms with E-state index in [2.05, 4.69) is 9.97 Å². The van der Waals surface area contributed by atoms with Gasteiger partial charge < -0.3 is 14.7 Å². The molecule has 28 heavy (non-hydrogen) atoms. The van der Waals surface area contributed by atoms with Crippen LogP contribution in [0.1, 0.15) is 29.5 Å². The molecule has 0 bridgehead atoms. The van der Waals surface area contributed by atoms with Crippen molar-refractivity contribution in [2.75, 3.05) is 18.1 Å². The van der Waals surface area contributed by atoms with E-state index in [9.17, 15) is 9.59 Å². The van der Waals surface area contributed by atoms with Crippen molar-refractivity contribution in [3.05, 3.63) is 54.0 Å². The fourth-order valence-corrected chi connectivity index (χ4v) is 2.91. The summed E-state index contributed by atoms with van der Waals surface area (Å²) in [6.07, 6.45) is 2.83. The maximum Gasteiger partial charge on any atom is 0.307 e. The number of anilines is 1. The number of fused-ring (bicyclic) bond motifs is 1. The van der Waals surface area contributed by atoms with Crippen LogP contribution in [0.5, 0.6) is 0 Å². The molecule has 0 aliphatic heterocycles. The Morgan fingerprint density at radius 2 is 2.11 bits per heavy atom. The van der Waals surface area contributed by atoms with Crippen LogP contribution in [0.3, 0.4) is 0 Å². The number of carbonyl (C=O) groups is 2. The molecule has 3 aromatic rings. The first-order valence-corrected chi connectivity index (χ1v) is 8.90. The first-order chi connectivity index (χ1) is 13.5. The predicted molar refractivity (Wildman–Crippen MR) is 106 cm³/mol. The quantitative estimate of drug-likeness (QED) is 0.502. The summed E-state index contributed by atoms with van der Waals surface area (Å²) in [6.45, 7) is 2.19. The van der Waals surface area contributed by atoms with Crippen molar-refractivity contribution >= 4 is 34.9 Å². The van der Waals surface area contributed by atoms with Crippen LogP contribution in [0, 0.1) is 5.41 Å². The van der Waals surface area contributed by atoms with E-state index >= 15 is 0 Å². The third kappa shape index (κ3) is 3.90. The molecule has 3 rings (SSSR count). The number of ether oxygens (including phenoxy) is 1. The zero-order valence-corrected chi connectivity index (χ0v) is 15.8. The number of hydrogen-bond acceptors (Lipinski definition) is 6. The summed E-state index contributed by atoms with van der Waals surface area (Å²) in [5.41, 5.74) is 1.88. The number of nitrogens with one attached hydrogen (secondary N) is 1. The molecule has 8 nitrogen and oxygen atoms in total. The second-order valence-corrected chi connectivity index (χ2v) is 6.08. The molecular weight excluding hydrogens is 358 g/mol. The molecule has 2 heterocycles. The minimum Gasteiger partial charge on any atom is -0.466 e. The number of aromatic nitrogens is 3. The van der Waals surface area contributed by atoms with Crippen LogP contribution in [-0.2, 0) is 16.6 Å². The molecule has 8 heteroatoms. The lowest BCUT2D eigenvalue weighted by Crippen LogP contribution is -2.34. The van der Waals surface area contributed by atoms with Gasteiger partial charge in [0, 0.05) is 25.4 Å². The summed E-state index contributed by atoms with van der Waals surface area (Å²) in [5.74, 6) is 0.306. The minimum absolute atomic E-state index is 0.0694. The van der Waals surface area contributed by atoms with Crippen molar-refractivity contribution in [2.45, 2.75) is 13.3 Å². The Morgan fingerprint density at radius 3 is 2.79 bits per heavy atom. The highest BCUT2D eigenvalue weighted by atomic mass is 16.5. The molecular formula is C20H21N5O3. The Bertz CT molecular complexity index is 1010. The molecule has 0 aliphatic rings. The van der Waals surface area contributed by atoms with E-state index in [1.54, 1.807) is 54.1 Å². The summed E-state index contributed by atoms with van der Waals surface area (Å²) in [5, 5.41) is 7.43. The van der Waals surface area contributed by atoms with Gasteiger partial charge in [0.05, 0.1) is 30.3 Å². The molecule has 0 aliphatic carbocycles. The van der Waals surface area contributed by atoms with Crippen LogP contribution in [0.4, 0.5) is 5.82 Å². The second kappa shape index (κ2) is 8.43. The highest BCUT2D eigenvalue weighted by Crippen LogP contribution is 2.20. The van der Waals surface area contributed by atoms with E-state index in [0.717, 1.165) is 5.52 Å². The van der Waals surface area contributed by atoms with E-state index in [0.29, 0.717) is 29.3 Å². The number of esters is 1. The molecule has 0 unspecified atom stereocenters. The van der Waals surface area contributed by atoms with Gasteiger partial charge in [-0.15, -0.1) is 0 Å². The number of nitrogens with zero attached hydrogens (tertiary/aromatic N) is 4. The summed E-state index contributed by atoms with van der Waals surface area (Å²) < 4.78 is 6.75. The molecule has 1 N–H and O–H groups in total. The van der Waals surface area contributed by atoms with Gasteiger partial charge >= 0.3 is 5.97 Å². The number of rotatable bonds is 7. The van der Waals surface area contributed by atoms with Gasteiger partial charge in [-0.05, 0) is 37.3 Å². The lowest BCUT2D eigenvalue weighted by atomic mass is 10.1. The number of benzene rings is 1. The molecule has 1 amide bonds. The number of amides is 1. The number of pyridine rings is 1. The van der Waals surface area contributed by atoms with E-state index in [-0.39, 0.29) is 24.8 Å². The summed E-state index contributed by atoms with van der Waals surface area (Å²) in [4.78, 5) is 35.0. The fraction of sp³-hybridized carbons (Fsp3) is 0.250. The van der Waals surface area contributed by atoms with Crippen LogP contribution < -0.4 is 4.90 Å². The van der Waals surface area contributed by atoms with Crippen LogP contribution in [0.2, 0.25) is 0 Å². The number of carbonyl (C=O) groups excluding carboxylic acids is 2. The summed E-state index contributed by atoms with van der Waals surface area (Å²) in [6, 6.07) is 10.5. The fourth-order valence-electron chi connectivity index (χ4n) is 2.91. The number of aryl methyl sites for hydroxylation is 1. The second-order valence-electron chi connectivity index (χ2n) is 6.08. The Labute approximate surface area is 162 Å². The average molecular weight is 379 g/mol. The zero-order valence-electron chi connectivity index (χ0n) is 15.8. The van der Waals surface area contributed by atoms with Gasteiger partial charge in [-0.1, -0.05) is 6.07 Å². The van der Waals surface area contributed by atoms with Crippen LogP contribution in [0.15, 0.2) is 42.6 Å². The Hall–Kier alpha value is -3.55. The molecule has 0 radical (unpaired) electrons. The van der Waals surface area contributed by atoms with E-state index in [1.165, 1.54) is 11.1 Å². The zero-order chi connectivity index (χ0) is 20.1. The van der Waals surface area contributed by atoms with E-state index in [1.807, 2.05) is 7.05 Å². The lowest BCUT2D eigenvalue weighted by Gasteiger charge is -2.21. The Morgan fingerprint density at radius 1 is 1.29 bits per heavy atom. The lowest BCUT2D eigenvalue weighted by molar-refractivity contribution is -0.142. The Balaban J connectivity index is 1.93. The first-order valence-electron chi connectivity index (χ1n) is 8.90. The molecule has 144 valence electrons. The molecule has 0 fully saturated rings. The van der Waals surface area contributed by atoms with Crippen molar-refractivity contribution in [1.29, 1.82) is 5.41 Å². The third-order valence-electron chi connectivity index (χ3n) is 4.31. The Kier molecular flexibility index (Phi) is 5.78. The van der Waals surface area contributed by atoms with Gasteiger partial charge in [0.2, 0.25) is 0 Å². The van der Waals surface area contributed by atoms with E-state index in [4.69, 9.17) is 10.1 Å². The maximum atomic E-state index is 13.2. The van der Waals surface area contributed by atoms with Crippen molar-refractivity contribution in [3.8, 4) is 0 Å². The SMILES string of the molecule is CCOC(=O)CCN(C(=O)c1ccc2c(c1)nc(C=N)n2C)c1ccccn1. The summed E-state index contributed by atoms with van der Waals surface area (Å²) >= 11 is 0. The molecule has 2 aromatic heterocycles. The van der Waals surface area contributed by atoms with Crippen molar-refractivity contribution in [1.82, 2.24) is 14.5 Å². The van der Waals surface area contributed by atoms with Gasteiger partial charge in [0.15, 0.2) is 5.82 Å². The molecule has 1 aromatic carbocycles. The van der Waals surface area contributed by atoms with Crippen LogP contribution >= 0.6 is 0 Å². The maximum absolute atomic E-state index is 13.2. The number of imidazole rings is 1. The largest absolute Gasteiger partial charge is 0.466 e. The van der Waals surface area contributed by atoms with Crippen LogP contribution in [0.25, 0.3) is 11.0 Å². The standard InChI is InChI=1S/C20H21N5O3/c1-3-28-19(26)9-11-25(17-6-4-5-10-22-17)20(27)14-7-8-16-15(12-14)23-18(13-21)24(16)2/h4-8,10,12-13,21H,3,9,11H2,1-2H3. The average Bonchev–Trinajstić information content (AvgIpc) is 3.04. The minimum atomic E-state index is -0.368. The van der Waals surface area contributed by atoms with Crippen LogP contribution in [-0.4, -0.2) is 45.8 Å². The van der Waals surface area contributed by atoms with E-state index < -0.39 is 0 Å². The molecule has 0 saturated carbocycles.